The summed E-state index contributed by atoms with van der Waals surface area (Å²) in [7, 11) is 2.00. The number of carbonyl (C=O) groups is 1. The van der Waals surface area contributed by atoms with Gasteiger partial charge in [0.1, 0.15) is 0 Å². The van der Waals surface area contributed by atoms with Crippen LogP contribution in [0.3, 0.4) is 0 Å². The normalized spacial score (nSPS) is 14.5. The average molecular weight is 384 g/mol. The fraction of sp³-hybridized carbons (Fsp3) is 0.286. The minimum atomic E-state index is -0.0527. The van der Waals surface area contributed by atoms with E-state index in [4.69, 9.17) is 16.3 Å². The fourth-order valence-corrected chi connectivity index (χ4v) is 3.79. The zero-order valence-corrected chi connectivity index (χ0v) is 16.0. The van der Waals surface area contributed by atoms with Crippen LogP contribution in [0.15, 0.2) is 48.7 Å². The highest BCUT2D eigenvalue weighted by atomic mass is 35.5. The summed E-state index contributed by atoms with van der Waals surface area (Å²) in [5.74, 6) is -0.0527. The van der Waals surface area contributed by atoms with E-state index in [1.165, 1.54) is 0 Å². The highest BCUT2D eigenvalue weighted by Crippen LogP contribution is 2.30. The molecule has 0 saturated carbocycles. The van der Waals surface area contributed by atoms with Gasteiger partial charge in [-0.25, -0.2) is 0 Å². The molecule has 1 N–H and O–H groups in total. The van der Waals surface area contributed by atoms with E-state index >= 15 is 0 Å². The monoisotopic (exact) mass is 383 g/mol. The molecule has 1 aromatic heterocycles. The molecule has 1 amide bonds. The molecule has 0 bridgehead atoms. The van der Waals surface area contributed by atoms with Gasteiger partial charge in [-0.3, -0.25) is 4.79 Å². The van der Waals surface area contributed by atoms with Crippen molar-refractivity contribution in [1.29, 1.82) is 0 Å². The van der Waals surface area contributed by atoms with Crippen molar-refractivity contribution < 1.29 is 9.53 Å². The maximum Gasteiger partial charge on any atom is 0.228 e. The Morgan fingerprint density at radius 3 is 2.78 bits per heavy atom. The molecule has 0 atom stereocenters. The minimum Gasteiger partial charge on any atom is -0.378 e. The van der Waals surface area contributed by atoms with Gasteiger partial charge in [-0.1, -0.05) is 29.8 Å². The second-order valence-electron chi connectivity index (χ2n) is 6.77. The number of nitrogens with zero attached hydrogens (tertiary/aromatic N) is 2. The van der Waals surface area contributed by atoms with Gasteiger partial charge in [0.2, 0.25) is 5.91 Å². The Labute approximate surface area is 163 Å². The number of aryl methyl sites for hydroxylation is 1. The van der Waals surface area contributed by atoms with Crippen LogP contribution in [0.2, 0.25) is 5.02 Å². The number of para-hydroxylation sites is 1. The van der Waals surface area contributed by atoms with E-state index < -0.39 is 0 Å². The summed E-state index contributed by atoms with van der Waals surface area (Å²) in [6.07, 6.45) is 2.33. The Bertz CT molecular complexity index is 977. The molecule has 6 heteroatoms. The van der Waals surface area contributed by atoms with Gasteiger partial charge in [0.15, 0.2) is 0 Å². The van der Waals surface area contributed by atoms with Gasteiger partial charge in [0.05, 0.1) is 31.0 Å². The van der Waals surface area contributed by atoms with E-state index in [9.17, 15) is 4.79 Å². The second-order valence-corrected chi connectivity index (χ2v) is 7.20. The lowest BCUT2D eigenvalue weighted by Gasteiger charge is -2.30. The zero-order valence-electron chi connectivity index (χ0n) is 15.2. The van der Waals surface area contributed by atoms with Crippen LogP contribution in [-0.4, -0.2) is 36.8 Å². The number of hydrogen-bond donors (Lipinski definition) is 1. The average Bonchev–Trinajstić information content (AvgIpc) is 2.98. The SMILES string of the molecule is Cn1cc(CC(=O)Nc2cc(Cl)ccc2N2CCOCC2)c2ccccc21. The molecule has 4 rings (SSSR count). The van der Waals surface area contributed by atoms with Crippen LogP contribution in [0.25, 0.3) is 10.9 Å². The number of nitrogens with one attached hydrogen (secondary N) is 1. The smallest absolute Gasteiger partial charge is 0.228 e. The molecule has 5 nitrogen and oxygen atoms in total. The van der Waals surface area contributed by atoms with Crippen LogP contribution in [0.1, 0.15) is 5.56 Å². The highest BCUT2D eigenvalue weighted by Gasteiger charge is 2.17. The molecule has 140 valence electrons. The van der Waals surface area contributed by atoms with Crippen LogP contribution in [0.5, 0.6) is 0 Å². The molecule has 1 aliphatic rings. The third-order valence-corrected chi connectivity index (χ3v) is 5.15. The van der Waals surface area contributed by atoms with Gasteiger partial charge < -0.3 is 19.5 Å². The van der Waals surface area contributed by atoms with Gasteiger partial charge in [-0.05, 0) is 29.8 Å². The number of hydrogen-bond acceptors (Lipinski definition) is 3. The Kier molecular flexibility index (Phi) is 5.05. The first-order chi connectivity index (χ1) is 13.1. The molecule has 1 aliphatic heterocycles. The number of amides is 1. The second kappa shape index (κ2) is 7.62. The first kappa shape index (κ1) is 17.9. The van der Waals surface area contributed by atoms with Crippen LogP contribution in [0.4, 0.5) is 11.4 Å². The Morgan fingerprint density at radius 1 is 1.19 bits per heavy atom. The van der Waals surface area contributed by atoms with E-state index in [0.29, 0.717) is 24.7 Å². The summed E-state index contributed by atoms with van der Waals surface area (Å²) in [6, 6.07) is 13.7. The molecule has 2 aromatic carbocycles. The number of anilines is 2. The Hall–Kier alpha value is -2.50. The number of rotatable bonds is 4. The number of aromatic nitrogens is 1. The van der Waals surface area contributed by atoms with Gasteiger partial charge in [-0.2, -0.15) is 0 Å². The van der Waals surface area contributed by atoms with Crippen molar-refractivity contribution in [3.63, 3.8) is 0 Å². The van der Waals surface area contributed by atoms with Gasteiger partial charge in [-0.15, -0.1) is 0 Å². The first-order valence-electron chi connectivity index (χ1n) is 9.07. The van der Waals surface area contributed by atoms with Crippen LogP contribution in [-0.2, 0) is 23.0 Å². The molecule has 27 heavy (non-hydrogen) atoms. The molecule has 0 spiro atoms. The molecule has 2 heterocycles. The molecule has 0 unspecified atom stereocenters. The van der Waals surface area contributed by atoms with Gasteiger partial charge >= 0.3 is 0 Å². The third kappa shape index (κ3) is 3.80. The Balaban J connectivity index is 1.56. The van der Waals surface area contributed by atoms with E-state index in [1.54, 1.807) is 0 Å². The number of halogens is 1. The summed E-state index contributed by atoms with van der Waals surface area (Å²) in [5, 5.41) is 4.77. The Morgan fingerprint density at radius 2 is 1.96 bits per heavy atom. The standard InChI is InChI=1S/C21H22ClN3O2/c1-24-14-15(17-4-2-3-5-19(17)24)12-21(26)23-18-13-16(22)6-7-20(18)25-8-10-27-11-9-25/h2-7,13-14H,8-12H2,1H3,(H,23,26). The van der Waals surface area contributed by atoms with E-state index in [2.05, 4.69) is 26.9 Å². The quantitative estimate of drug-likeness (QED) is 0.744. The predicted octanol–water partition coefficient (Wildman–Crippen LogP) is 3.85. The number of ether oxygens (including phenoxy) is 1. The lowest BCUT2D eigenvalue weighted by atomic mass is 10.1. The molecular weight excluding hydrogens is 362 g/mol. The predicted molar refractivity (Wildman–Crippen MR) is 110 cm³/mol. The summed E-state index contributed by atoms with van der Waals surface area (Å²) < 4.78 is 7.48. The van der Waals surface area contributed by atoms with Gasteiger partial charge in [0.25, 0.3) is 0 Å². The summed E-state index contributed by atoms with van der Waals surface area (Å²) in [4.78, 5) is 15.0. The van der Waals surface area contributed by atoms with Gasteiger partial charge in [0, 0.05) is 42.3 Å². The summed E-state index contributed by atoms with van der Waals surface area (Å²) in [5.41, 5.74) is 3.86. The molecule has 0 aliphatic carbocycles. The van der Waals surface area contributed by atoms with E-state index in [0.717, 1.165) is 40.9 Å². The third-order valence-electron chi connectivity index (χ3n) is 4.91. The topological polar surface area (TPSA) is 46.5 Å². The summed E-state index contributed by atoms with van der Waals surface area (Å²) >= 11 is 6.18. The van der Waals surface area contributed by atoms with Crippen molar-refractivity contribution in [3.05, 3.63) is 59.2 Å². The minimum absolute atomic E-state index is 0.0527. The van der Waals surface area contributed by atoms with Crippen LogP contribution in [0, 0.1) is 0 Å². The lowest BCUT2D eigenvalue weighted by molar-refractivity contribution is -0.115. The zero-order chi connectivity index (χ0) is 18.8. The lowest BCUT2D eigenvalue weighted by Crippen LogP contribution is -2.36. The molecule has 0 radical (unpaired) electrons. The number of fused-ring (bicyclic) bond motifs is 1. The first-order valence-corrected chi connectivity index (χ1v) is 9.44. The van der Waals surface area contributed by atoms with E-state index in [-0.39, 0.29) is 5.91 Å². The summed E-state index contributed by atoms with van der Waals surface area (Å²) in [6.45, 7) is 2.97. The van der Waals surface area contributed by atoms with Crippen LogP contribution >= 0.6 is 11.6 Å². The fourth-order valence-electron chi connectivity index (χ4n) is 3.62. The number of morpholine rings is 1. The van der Waals surface area contributed by atoms with Crippen molar-refractivity contribution in [3.8, 4) is 0 Å². The molecular formula is C21H22ClN3O2. The van der Waals surface area contributed by atoms with E-state index in [1.807, 2.05) is 43.6 Å². The van der Waals surface area contributed by atoms with Crippen LogP contribution < -0.4 is 10.2 Å². The van der Waals surface area contributed by atoms with Crippen molar-refractivity contribution in [2.24, 2.45) is 7.05 Å². The highest BCUT2D eigenvalue weighted by molar-refractivity contribution is 6.31. The van der Waals surface area contributed by atoms with Crippen molar-refractivity contribution in [2.45, 2.75) is 6.42 Å². The number of carbonyl (C=O) groups excluding carboxylic acids is 1. The molecule has 1 fully saturated rings. The molecule has 3 aromatic rings. The van der Waals surface area contributed by atoms with Crippen molar-refractivity contribution in [1.82, 2.24) is 4.57 Å². The van der Waals surface area contributed by atoms with Crippen molar-refractivity contribution in [2.75, 3.05) is 36.5 Å². The largest absolute Gasteiger partial charge is 0.378 e. The maximum absolute atomic E-state index is 12.8. The number of benzene rings is 2. The van der Waals surface area contributed by atoms with Crippen molar-refractivity contribution >= 4 is 39.8 Å². The molecule has 1 saturated heterocycles. The maximum atomic E-state index is 12.8.